The zero-order chi connectivity index (χ0) is 14.4. The lowest BCUT2D eigenvalue weighted by molar-refractivity contribution is 0.625. The van der Waals surface area contributed by atoms with Crippen LogP contribution in [0, 0.1) is 17.1 Å². The summed E-state index contributed by atoms with van der Waals surface area (Å²) in [7, 11) is 0. The van der Waals surface area contributed by atoms with Crippen LogP contribution < -0.4 is 11.1 Å². The van der Waals surface area contributed by atoms with Crippen LogP contribution in [0.2, 0.25) is 0 Å². The number of hydrogen-bond donors (Lipinski definition) is 2. The Labute approximate surface area is 117 Å². The fourth-order valence-electron chi connectivity index (χ4n) is 2.00. The number of halogens is 1. The first kappa shape index (κ1) is 13.9. The van der Waals surface area contributed by atoms with Crippen molar-refractivity contribution in [3.8, 4) is 6.07 Å². The van der Waals surface area contributed by atoms with Crippen LogP contribution in [0.15, 0.2) is 42.5 Å². The first-order valence-corrected chi connectivity index (χ1v) is 6.42. The van der Waals surface area contributed by atoms with Crippen molar-refractivity contribution >= 4 is 11.4 Å². The summed E-state index contributed by atoms with van der Waals surface area (Å²) in [6.07, 6.45) is 1.03. The lowest BCUT2D eigenvalue weighted by Gasteiger charge is -2.09. The van der Waals surface area contributed by atoms with E-state index in [1.165, 1.54) is 12.1 Å². The average Bonchev–Trinajstić information content (AvgIpc) is 2.43. The second kappa shape index (κ2) is 6.58. The molecule has 0 unspecified atom stereocenters. The molecule has 3 nitrogen and oxygen atoms in total. The molecule has 0 aliphatic heterocycles. The van der Waals surface area contributed by atoms with Gasteiger partial charge in [0.15, 0.2) is 0 Å². The maximum atomic E-state index is 13.0. The highest BCUT2D eigenvalue weighted by molar-refractivity contribution is 5.58. The molecular weight excluding hydrogens is 253 g/mol. The van der Waals surface area contributed by atoms with Gasteiger partial charge in [-0.3, -0.25) is 0 Å². The van der Waals surface area contributed by atoms with Crippen molar-refractivity contribution in [3.63, 3.8) is 0 Å². The Balaban J connectivity index is 1.94. The van der Waals surface area contributed by atoms with Crippen molar-refractivity contribution in [3.05, 3.63) is 59.4 Å². The van der Waals surface area contributed by atoms with Gasteiger partial charge in [0.05, 0.1) is 12.5 Å². The summed E-state index contributed by atoms with van der Waals surface area (Å²) in [6, 6.07) is 14.2. The monoisotopic (exact) mass is 269 g/mol. The Morgan fingerprint density at radius 2 is 2.05 bits per heavy atom. The van der Waals surface area contributed by atoms with Crippen molar-refractivity contribution < 1.29 is 4.39 Å². The number of rotatable bonds is 5. The normalized spacial score (nSPS) is 10.0. The third kappa shape index (κ3) is 3.72. The van der Waals surface area contributed by atoms with Crippen LogP contribution >= 0.6 is 0 Å². The molecule has 0 saturated carbocycles. The molecule has 3 N–H and O–H groups in total. The number of hydrogen-bond acceptors (Lipinski definition) is 3. The van der Waals surface area contributed by atoms with Gasteiger partial charge in [0.2, 0.25) is 0 Å². The third-order valence-corrected chi connectivity index (χ3v) is 3.04. The fraction of sp³-hybridized carbons (Fsp3) is 0.188. The molecule has 0 radical (unpaired) electrons. The van der Waals surface area contributed by atoms with Crippen molar-refractivity contribution in [1.29, 1.82) is 5.26 Å². The maximum absolute atomic E-state index is 13.0. The van der Waals surface area contributed by atoms with E-state index in [0.29, 0.717) is 18.7 Å². The quantitative estimate of drug-likeness (QED) is 0.820. The second-order valence-corrected chi connectivity index (χ2v) is 4.56. The molecule has 4 heteroatoms. The zero-order valence-corrected chi connectivity index (χ0v) is 11.1. The predicted octanol–water partition coefficient (Wildman–Crippen LogP) is 3.13. The zero-order valence-electron chi connectivity index (χ0n) is 11.1. The van der Waals surface area contributed by atoms with Crippen LogP contribution in [0.5, 0.6) is 0 Å². The summed E-state index contributed by atoms with van der Waals surface area (Å²) in [6.45, 7) is 0.694. The van der Waals surface area contributed by atoms with Crippen molar-refractivity contribution in [2.45, 2.75) is 12.8 Å². The van der Waals surface area contributed by atoms with E-state index in [4.69, 9.17) is 11.0 Å². The number of nitrogens with zero attached hydrogens (tertiary/aromatic N) is 1. The summed E-state index contributed by atoms with van der Waals surface area (Å²) in [5, 5.41) is 12.0. The van der Waals surface area contributed by atoms with Crippen LogP contribution in [0.25, 0.3) is 0 Å². The molecule has 0 amide bonds. The van der Waals surface area contributed by atoms with E-state index in [1.807, 2.05) is 18.2 Å². The Hall–Kier alpha value is -2.54. The predicted molar refractivity (Wildman–Crippen MR) is 78.8 cm³/mol. The van der Waals surface area contributed by atoms with Crippen LogP contribution in [-0.4, -0.2) is 6.54 Å². The average molecular weight is 269 g/mol. The lowest BCUT2D eigenvalue weighted by Crippen LogP contribution is -2.06. The second-order valence-electron chi connectivity index (χ2n) is 4.56. The minimum absolute atomic E-state index is 0.216. The molecule has 0 spiro atoms. The van der Waals surface area contributed by atoms with E-state index in [2.05, 4.69) is 11.4 Å². The smallest absolute Gasteiger partial charge is 0.123 e. The molecular formula is C16H16FN3. The molecule has 2 aromatic carbocycles. The Morgan fingerprint density at radius 3 is 2.80 bits per heavy atom. The molecule has 102 valence electrons. The van der Waals surface area contributed by atoms with Gasteiger partial charge in [0.25, 0.3) is 0 Å². The van der Waals surface area contributed by atoms with E-state index >= 15 is 0 Å². The van der Waals surface area contributed by atoms with Gasteiger partial charge in [0, 0.05) is 17.9 Å². The highest BCUT2D eigenvalue weighted by atomic mass is 19.1. The van der Waals surface area contributed by atoms with E-state index in [1.54, 1.807) is 12.1 Å². The van der Waals surface area contributed by atoms with Crippen LogP contribution in [0.4, 0.5) is 15.8 Å². The number of benzene rings is 2. The molecule has 0 heterocycles. The Morgan fingerprint density at radius 1 is 1.20 bits per heavy atom. The molecule has 2 rings (SSSR count). The highest BCUT2D eigenvalue weighted by Gasteiger charge is 2.01. The van der Waals surface area contributed by atoms with Gasteiger partial charge in [0.1, 0.15) is 5.82 Å². The molecule has 0 saturated heterocycles. The molecule has 0 aliphatic carbocycles. The van der Waals surface area contributed by atoms with E-state index < -0.39 is 0 Å². The topological polar surface area (TPSA) is 61.8 Å². The maximum Gasteiger partial charge on any atom is 0.123 e. The van der Waals surface area contributed by atoms with Gasteiger partial charge in [-0.1, -0.05) is 12.1 Å². The van der Waals surface area contributed by atoms with Gasteiger partial charge < -0.3 is 11.1 Å². The number of nitrogen functional groups attached to an aromatic ring is 1. The lowest BCUT2D eigenvalue weighted by atomic mass is 10.1. The largest absolute Gasteiger partial charge is 0.398 e. The fourth-order valence-corrected chi connectivity index (χ4v) is 2.00. The van der Waals surface area contributed by atoms with Crippen molar-refractivity contribution in [2.24, 2.45) is 0 Å². The first-order chi connectivity index (χ1) is 9.69. The molecule has 0 atom stereocenters. The van der Waals surface area contributed by atoms with E-state index in [9.17, 15) is 4.39 Å². The first-order valence-electron chi connectivity index (χ1n) is 6.42. The standard InChI is InChI=1S/C16H16FN3/c17-14-3-1-2-12(10-14)7-9-20-15-4-5-16(19)13(11-15)6-8-18/h1-5,10-11,20H,6-7,9,19H2. The van der Waals surface area contributed by atoms with E-state index in [0.717, 1.165) is 23.2 Å². The summed E-state index contributed by atoms with van der Waals surface area (Å²) in [5.74, 6) is -0.216. The van der Waals surface area contributed by atoms with Gasteiger partial charge in [-0.2, -0.15) is 5.26 Å². The molecule has 0 aliphatic rings. The number of nitrogens with one attached hydrogen (secondary N) is 1. The van der Waals surface area contributed by atoms with Gasteiger partial charge in [-0.15, -0.1) is 0 Å². The Bertz CT molecular complexity index is 632. The number of nitrogens with two attached hydrogens (primary N) is 1. The molecule has 0 bridgehead atoms. The van der Waals surface area contributed by atoms with Crippen LogP contribution in [-0.2, 0) is 12.8 Å². The van der Waals surface area contributed by atoms with Crippen LogP contribution in [0.3, 0.4) is 0 Å². The van der Waals surface area contributed by atoms with Gasteiger partial charge >= 0.3 is 0 Å². The van der Waals surface area contributed by atoms with Crippen LogP contribution in [0.1, 0.15) is 11.1 Å². The molecule has 2 aromatic rings. The summed E-state index contributed by atoms with van der Waals surface area (Å²) in [5.41, 5.74) is 9.11. The number of anilines is 2. The number of nitriles is 1. The molecule has 20 heavy (non-hydrogen) atoms. The van der Waals surface area contributed by atoms with Crippen molar-refractivity contribution in [2.75, 3.05) is 17.6 Å². The van der Waals surface area contributed by atoms with Gasteiger partial charge in [-0.25, -0.2) is 4.39 Å². The minimum Gasteiger partial charge on any atom is -0.398 e. The third-order valence-electron chi connectivity index (χ3n) is 3.04. The summed E-state index contributed by atoms with van der Waals surface area (Å²) in [4.78, 5) is 0. The highest BCUT2D eigenvalue weighted by Crippen LogP contribution is 2.18. The SMILES string of the molecule is N#CCc1cc(NCCc2cccc(F)c2)ccc1N. The van der Waals surface area contributed by atoms with E-state index in [-0.39, 0.29) is 5.82 Å². The van der Waals surface area contributed by atoms with Gasteiger partial charge in [-0.05, 0) is 47.9 Å². The minimum atomic E-state index is -0.216. The molecule has 0 aromatic heterocycles. The summed E-state index contributed by atoms with van der Waals surface area (Å²) >= 11 is 0. The molecule has 0 fully saturated rings. The summed E-state index contributed by atoms with van der Waals surface area (Å²) < 4.78 is 13.0. The Kier molecular flexibility index (Phi) is 4.56. The van der Waals surface area contributed by atoms with Crippen molar-refractivity contribution in [1.82, 2.24) is 0 Å².